The molecule has 5 heteroatoms. The largest absolute Gasteiger partial charge is 0.480 e. The van der Waals surface area contributed by atoms with Gasteiger partial charge in [0.1, 0.15) is 12.1 Å². The summed E-state index contributed by atoms with van der Waals surface area (Å²) < 4.78 is 12.4. The number of ether oxygens (including phenoxy) is 1. The molecule has 0 radical (unpaired) electrons. The lowest BCUT2D eigenvalue weighted by Crippen LogP contribution is -2.43. The van der Waals surface area contributed by atoms with Gasteiger partial charge in [0.25, 0.3) is 0 Å². The van der Waals surface area contributed by atoms with Gasteiger partial charge in [-0.1, -0.05) is 20.8 Å². The highest BCUT2D eigenvalue weighted by Gasteiger charge is 2.27. The Morgan fingerprint density at radius 2 is 1.82 bits per heavy atom. The van der Waals surface area contributed by atoms with E-state index < -0.39 is 24.2 Å². The van der Waals surface area contributed by atoms with E-state index in [2.05, 4.69) is 0 Å². The van der Waals surface area contributed by atoms with Gasteiger partial charge >= 0.3 is 12.1 Å². The molecule has 17 heavy (non-hydrogen) atoms. The molecule has 100 valence electrons. The number of rotatable bonds is 3. The second-order valence-electron chi connectivity index (χ2n) is 5.94. The van der Waals surface area contributed by atoms with Gasteiger partial charge in [-0.15, -0.1) is 0 Å². The van der Waals surface area contributed by atoms with Crippen LogP contribution in [-0.2, 0) is 9.53 Å². The molecule has 0 aromatic heterocycles. The summed E-state index contributed by atoms with van der Waals surface area (Å²) in [6.07, 6.45) is -0.690. The molecule has 0 aromatic rings. The van der Waals surface area contributed by atoms with Crippen LogP contribution in [0.15, 0.2) is 0 Å². The highest BCUT2D eigenvalue weighted by atomic mass is 16.6. The molecule has 0 saturated carbocycles. The van der Waals surface area contributed by atoms with E-state index in [1.54, 1.807) is 13.8 Å². The van der Waals surface area contributed by atoms with Gasteiger partial charge in [0.05, 0.1) is 0 Å². The molecule has 0 rings (SSSR count). The Kier molecular flexibility index (Phi) is 4.37. The third-order valence-corrected chi connectivity index (χ3v) is 1.61. The van der Waals surface area contributed by atoms with Crippen LogP contribution in [-0.4, -0.2) is 40.8 Å². The number of aliphatic carboxylic acids is 1. The minimum absolute atomic E-state index is 0.0742. The summed E-state index contributed by atoms with van der Waals surface area (Å²) in [5, 5.41) is 8.80. The van der Waals surface area contributed by atoms with Crippen LogP contribution in [0.4, 0.5) is 4.79 Å². The molecular weight excluding hydrogens is 222 g/mol. The van der Waals surface area contributed by atoms with Gasteiger partial charge in [-0.05, 0) is 26.2 Å². The first-order valence-corrected chi connectivity index (χ1v) is 5.46. The zero-order chi connectivity index (χ0) is 14.6. The third-order valence-electron chi connectivity index (χ3n) is 1.61. The van der Waals surface area contributed by atoms with Gasteiger partial charge in [-0.2, -0.15) is 0 Å². The van der Waals surface area contributed by atoms with Crippen LogP contribution in [0.1, 0.15) is 42.9 Å². The number of carboxylic acid groups (broad SMARTS) is 1. The van der Waals surface area contributed by atoms with Crippen LogP contribution in [0.25, 0.3) is 0 Å². The highest BCUT2D eigenvalue weighted by Crippen LogP contribution is 2.17. The maximum Gasteiger partial charge on any atom is 0.410 e. The van der Waals surface area contributed by atoms with E-state index in [0.717, 1.165) is 4.90 Å². The minimum Gasteiger partial charge on any atom is -0.480 e. The third kappa shape index (κ3) is 8.54. The second-order valence-corrected chi connectivity index (χ2v) is 5.94. The van der Waals surface area contributed by atoms with Gasteiger partial charge in [-0.3, -0.25) is 9.69 Å². The Morgan fingerprint density at radius 1 is 1.29 bits per heavy atom. The lowest BCUT2D eigenvalue weighted by Gasteiger charge is -2.31. The predicted molar refractivity (Wildman–Crippen MR) is 64.9 cm³/mol. The average molecular weight is 246 g/mol. The Bertz CT molecular complexity index is 310. The molecule has 0 aliphatic heterocycles. The molecule has 1 amide bonds. The van der Waals surface area contributed by atoms with Crippen LogP contribution in [0.2, 0.25) is 0 Å². The molecule has 0 saturated heterocycles. The lowest BCUT2D eigenvalue weighted by molar-refractivity contribution is -0.138. The van der Waals surface area contributed by atoms with Crippen LogP contribution < -0.4 is 0 Å². The first-order valence-electron chi connectivity index (χ1n) is 6.16. The lowest BCUT2D eigenvalue weighted by atomic mass is 9.96. The van der Waals surface area contributed by atoms with E-state index >= 15 is 0 Å². The first kappa shape index (κ1) is 13.8. The zero-order valence-corrected chi connectivity index (χ0v) is 11.2. The summed E-state index contributed by atoms with van der Waals surface area (Å²) in [6.45, 7) is 8.77. The van der Waals surface area contributed by atoms with Crippen molar-refractivity contribution in [1.82, 2.24) is 4.90 Å². The fourth-order valence-electron chi connectivity index (χ4n) is 1.22. The molecular formula is C12H23NO4. The van der Waals surface area contributed by atoms with Gasteiger partial charge in [0.15, 0.2) is 0 Å². The number of hydrogen-bond acceptors (Lipinski definition) is 3. The fraction of sp³-hybridized carbons (Fsp3) is 0.833. The summed E-state index contributed by atoms with van der Waals surface area (Å²) in [7, 11) is 0. The molecule has 1 N–H and O–H groups in total. The smallest absolute Gasteiger partial charge is 0.410 e. The number of carboxylic acids is 1. The van der Waals surface area contributed by atoms with E-state index in [1.165, 1.54) is 0 Å². The zero-order valence-electron chi connectivity index (χ0n) is 12.2. The Hall–Kier alpha value is -1.26. The Balaban J connectivity index is 4.75. The number of amides is 1. The molecule has 0 bridgehead atoms. The van der Waals surface area contributed by atoms with E-state index in [-0.39, 0.29) is 18.9 Å². The van der Waals surface area contributed by atoms with E-state index in [9.17, 15) is 9.59 Å². The maximum absolute atomic E-state index is 11.9. The summed E-state index contributed by atoms with van der Waals surface area (Å²) in [5.74, 6) is -1.08. The second kappa shape index (κ2) is 5.38. The molecule has 0 aromatic carbocycles. The van der Waals surface area contributed by atoms with Crippen LogP contribution in [0.5, 0.6) is 0 Å². The molecule has 0 heterocycles. The standard InChI is InChI=1S/C12H23NO4/c1-11(2,3)8-13(7-9(14)15)10(16)17-12(4,5)6/h7-8H2,1-6H3,(H,14,15)/i4D. The molecule has 0 spiro atoms. The van der Waals surface area contributed by atoms with Crippen molar-refractivity contribution in [3.63, 3.8) is 0 Å². The van der Waals surface area contributed by atoms with Crippen LogP contribution >= 0.6 is 0 Å². The van der Waals surface area contributed by atoms with E-state index in [1.807, 2.05) is 20.8 Å². The normalized spacial score (nSPS) is 12.9. The highest BCUT2D eigenvalue weighted by molar-refractivity contribution is 5.76. The van der Waals surface area contributed by atoms with Crippen molar-refractivity contribution < 1.29 is 20.8 Å². The van der Waals surface area contributed by atoms with Gasteiger partial charge in [0, 0.05) is 7.92 Å². The number of nitrogens with zero attached hydrogens (tertiary/aromatic N) is 1. The molecule has 0 aliphatic carbocycles. The average Bonchev–Trinajstić information content (AvgIpc) is 2.13. The van der Waals surface area contributed by atoms with E-state index in [4.69, 9.17) is 11.2 Å². The SMILES string of the molecule is [2H]CC(C)(C)OC(=O)N(CC(=O)O)CC(C)(C)C. The summed E-state index contributed by atoms with van der Waals surface area (Å²) >= 11 is 0. The van der Waals surface area contributed by atoms with Crippen molar-refractivity contribution >= 4 is 12.1 Å². The molecule has 0 atom stereocenters. The van der Waals surface area contributed by atoms with Crippen molar-refractivity contribution in [2.24, 2.45) is 5.41 Å². The van der Waals surface area contributed by atoms with Crippen molar-refractivity contribution in [3.05, 3.63) is 0 Å². The van der Waals surface area contributed by atoms with Crippen molar-refractivity contribution in [2.45, 2.75) is 47.1 Å². The maximum atomic E-state index is 11.9. The summed E-state index contributed by atoms with van der Waals surface area (Å²) in [4.78, 5) is 23.8. The van der Waals surface area contributed by atoms with Crippen molar-refractivity contribution in [2.75, 3.05) is 13.1 Å². The van der Waals surface area contributed by atoms with Crippen LogP contribution in [0, 0.1) is 5.41 Å². The summed E-state index contributed by atoms with van der Waals surface area (Å²) in [6, 6.07) is 0. The fourth-order valence-corrected chi connectivity index (χ4v) is 1.22. The molecule has 5 nitrogen and oxygen atoms in total. The molecule has 0 fully saturated rings. The topological polar surface area (TPSA) is 66.8 Å². The first-order chi connectivity index (χ1) is 7.97. The molecule has 0 aliphatic rings. The Labute approximate surface area is 104 Å². The van der Waals surface area contributed by atoms with E-state index in [0.29, 0.717) is 0 Å². The minimum atomic E-state index is -1.08. The number of carbonyl (C=O) groups excluding carboxylic acids is 1. The quantitative estimate of drug-likeness (QED) is 0.830. The van der Waals surface area contributed by atoms with Gasteiger partial charge < -0.3 is 9.84 Å². The molecule has 0 unspecified atom stereocenters. The number of hydrogen-bond donors (Lipinski definition) is 1. The van der Waals surface area contributed by atoms with Gasteiger partial charge in [0.2, 0.25) is 0 Å². The summed E-state index contributed by atoms with van der Waals surface area (Å²) in [5.41, 5.74) is -1.13. The van der Waals surface area contributed by atoms with Gasteiger partial charge in [-0.25, -0.2) is 4.79 Å². The van der Waals surface area contributed by atoms with Crippen molar-refractivity contribution in [1.29, 1.82) is 0 Å². The monoisotopic (exact) mass is 246 g/mol. The number of carbonyl (C=O) groups is 2. The van der Waals surface area contributed by atoms with Crippen LogP contribution in [0.3, 0.4) is 0 Å². The predicted octanol–water partition coefficient (Wildman–Crippen LogP) is 2.35. The van der Waals surface area contributed by atoms with Crippen molar-refractivity contribution in [3.8, 4) is 0 Å². The Morgan fingerprint density at radius 3 is 2.18 bits per heavy atom.